The molecule has 6 heteroatoms. The lowest BCUT2D eigenvalue weighted by molar-refractivity contribution is 0.447. The highest BCUT2D eigenvalue weighted by molar-refractivity contribution is 5.61. The maximum atomic E-state index is 5.79. The van der Waals surface area contributed by atoms with Gasteiger partial charge in [0.1, 0.15) is 11.6 Å². The van der Waals surface area contributed by atoms with E-state index < -0.39 is 0 Å². The molecule has 1 fully saturated rings. The van der Waals surface area contributed by atoms with Gasteiger partial charge in [0.15, 0.2) is 0 Å². The molecule has 1 aliphatic heterocycles. The number of benzene rings is 1. The summed E-state index contributed by atoms with van der Waals surface area (Å²) in [6.45, 7) is 1.88. The van der Waals surface area contributed by atoms with Crippen LogP contribution in [0.15, 0.2) is 36.4 Å². The Balaban J connectivity index is 1.77. The third-order valence-corrected chi connectivity index (χ3v) is 3.39. The van der Waals surface area contributed by atoms with Crippen molar-refractivity contribution in [2.24, 2.45) is 0 Å². The number of nitrogens with two attached hydrogens (primary N) is 1. The molecule has 0 spiro atoms. The fourth-order valence-corrected chi connectivity index (χ4v) is 2.20. The number of hydrogen-bond donors (Lipinski definition) is 3. The molecular formula is C14H18N6. The Hall–Kier alpha value is -2.34. The minimum absolute atomic E-state index is 0.286. The summed E-state index contributed by atoms with van der Waals surface area (Å²) in [5, 5.41) is 6.48. The largest absolute Gasteiger partial charge is 0.368 e. The van der Waals surface area contributed by atoms with E-state index in [0.29, 0.717) is 11.9 Å². The maximum absolute atomic E-state index is 5.79. The lowest BCUT2D eigenvalue weighted by atomic mass is 10.1. The molecule has 0 bridgehead atoms. The third kappa shape index (κ3) is 2.65. The smallest absolute Gasteiger partial charge is 0.223 e. The van der Waals surface area contributed by atoms with E-state index in [4.69, 9.17) is 5.73 Å². The van der Waals surface area contributed by atoms with Crippen LogP contribution < -0.4 is 21.3 Å². The van der Waals surface area contributed by atoms with Gasteiger partial charge in [-0.05, 0) is 19.2 Å². The molecule has 1 aliphatic rings. The van der Waals surface area contributed by atoms with Gasteiger partial charge < -0.3 is 21.3 Å². The van der Waals surface area contributed by atoms with Gasteiger partial charge in [-0.15, -0.1) is 0 Å². The summed E-state index contributed by atoms with van der Waals surface area (Å²) in [5.74, 6) is 1.86. The number of likely N-dealkylation sites (N-methyl/N-ethyl adjacent to an activating group) is 1. The molecule has 2 aromatic rings. The minimum atomic E-state index is 0.286. The van der Waals surface area contributed by atoms with E-state index in [1.807, 2.05) is 43.4 Å². The van der Waals surface area contributed by atoms with E-state index in [0.717, 1.165) is 24.6 Å². The normalized spacial score (nSPS) is 14.9. The monoisotopic (exact) mass is 270 g/mol. The summed E-state index contributed by atoms with van der Waals surface area (Å²) < 4.78 is 0. The minimum Gasteiger partial charge on any atom is -0.368 e. The Morgan fingerprint density at radius 2 is 1.95 bits per heavy atom. The average molecular weight is 270 g/mol. The van der Waals surface area contributed by atoms with Crippen molar-refractivity contribution in [3.05, 3.63) is 36.4 Å². The van der Waals surface area contributed by atoms with Gasteiger partial charge in [-0.1, -0.05) is 18.2 Å². The van der Waals surface area contributed by atoms with Gasteiger partial charge >= 0.3 is 0 Å². The van der Waals surface area contributed by atoms with Crippen molar-refractivity contribution in [1.82, 2.24) is 15.3 Å². The van der Waals surface area contributed by atoms with Crippen LogP contribution in [0.25, 0.3) is 0 Å². The highest BCUT2D eigenvalue weighted by atomic mass is 15.3. The third-order valence-electron chi connectivity index (χ3n) is 3.39. The lowest BCUT2D eigenvalue weighted by Crippen LogP contribution is -2.57. The van der Waals surface area contributed by atoms with Gasteiger partial charge in [0.25, 0.3) is 0 Å². The molecule has 0 saturated carbocycles. The van der Waals surface area contributed by atoms with E-state index in [1.165, 1.54) is 0 Å². The molecule has 20 heavy (non-hydrogen) atoms. The predicted molar refractivity (Wildman–Crippen MR) is 81.2 cm³/mol. The first-order valence-electron chi connectivity index (χ1n) is 6.63. The van der Waals surface area contributed by atoms with Crippen LogP contribution in [0.3, 0.4) is 0 Å². The number of aromatic nitrogens is 2. The Morgan fingerprint density at radius 1 is 1.20 bits per heavy atom. The van der Waals surface area contributed by atoms with Gasteiger partial charge in [-0.25, -0.2) is 0 Å². The van der Waals surface area contributed by atoms with Crippen molar-refractivity contribution in [1.29, 1.82) is 0 Å². The molecule has 6 nitrogen and oxygen atoms in total. The molecular weight excluding hydrogens is 252 g/mol. The quantitative estimate of drug-likeness (QED) is 0.775. The molecule has 2 heterocycles. The molecule has 4 N–H and O–H groups in total. The van der Waals surface area contributed by atoms with Crippen molar-refractivity contribution in [2.75, 3.05) is 36.1 Å². The van der Waals surface area contributed by atoms with Crippen LogP contribution in [0.2, 0.25) is 0 Å². The topological polar surface area (TPSA) is 79.1 Å². The van der Waals surface area contributed by atoms with E-state index in [9.17, 15) is 0 Å². The van der Waals surface area contributed by atoms with Crippen LogP contribution in [-0.2, 0) is 0 Å². The number of nitrogens with zero attached hydrogens (tertiary/aromatic N) is 3. The molecule has 104 valence electrons. The second kappa shape index (κ2) is 5.34. The maximum Gasteiger partial charge on any atom is 0.223 e. The molecule has 3 rings (SSSR count). The highest BCUT2D eigenvalue weighted by Gasteiger charge is 2.26. The number of rotatable bonds is 4. The second-order valence-electron chi connectivity index (χ2n) is 4.85. The van der Waals surface area contributed by atoms with E-state index in [2.05, 4.69) is 25.5 Å². The van der Waals surface area contributed by atoms with Gasteiger partial charge in [-0.3, -0.25) is 0 Å². The SMILES string of the molecule is CNC1CN(c2cc(Nc3ccccc3)nc(N)n2)C1. The summed E-state index contributed by atoms with van der Waals surface area (Å²) in [6.07, 6.45) is 0. The van der Waals surface area contributed by atoms with E-state index >= 15 is 0 Å². The average Bonchev–Trinajstić information content (AvgIpc) is 2.38. The zero-order valence-electron chi connectivity index (χ0n) is 11.4. The number of hydrogen-bond acceptors (Lipinski definition) is 6. The predicted octanol–water partition coefficient (Wildman–Crippen LogP) is 1.21. The first kappa shape index (κ1) is 12.7. The van der Waals surface area contributed by atoms with Crippen molar-refractivity contribution in [3.8, 4) is 0 Å². The molecule has 1 aromatic heterocycles. The van der Waals surface area contributed by atoms with Crippen molar-refractivity contribution < 1.29 is 0 Å². The summed E-state index contributed by atoms with van der Waals surface area (Å²) >= 11 is 0. The molecule has 0 unspecified atom stereocenters. The van der Waals surface area contributed by atoms with Crippen LogP contribution >= 0.6 is 0 Å². The summed E-state index contributed by atoms with van der Waals surface area (Å²) in [6, 6.07) is 12.3. The fourth-order valence-electron chi connectivity index (χ4n) is 2.20. The summed E-state index contributed by atoms with van der Waals surface area (Å²) in [4.78, 5) is 10.7. The van der Waals surface area contributed by atoms with Crippen molar-refractivity contribution in [3.63, 3.8) is 0 Å². The fraction of sp³-hybridized carbons (Fsp3) is 0.286. The number of anilines is 4. The highest BCUT2D eigenvalue weighted by Crippen LogP contribution is 2.23. The Labute approximate surface area is 118 Å². The Bertz CT molecular complexity index is 579. The van der Waals surface area contributed by atoms with E-state index in [1.54, 1.807) is 0 Å². The van der Waals surface area contributed by atoms with Gasteiger partial charge in [-0.2, -0.15) is 9.97 Å². The standard InChI is InChI=1S/C14H18N6/c1-16-11-8-20(9-11)13-7-12(18-14(15)19-13)17-10-5-3-2-4-6-10/h2-7,11,16H,8-9H2,1H3,(H3,15,17,18,19). The number of para-hydroxylation sites is 1. The van der Waals surface area contributed by atoms with Gasteiger partial charge in [0, 0.05) is 30.9 Å². The summed E-state index contributed by atoms with van der Waals surface area (Å²) in [7, 11) is 1.97. The van der Waals surface area contributed by atoms with Crippen LogP contribution in [0.5, 0.6) is 0 Å². The number of nitrogen functional groups attached to an aromatic ring is 1. The molecule has 0 aliphatic carbocycles. The molecule has 0 atom stereocenters. The first-order valence-corrected chi connectivity index (χ1v) is 6.63. The van der Waals surface area contributed by atoms with Gasteiger partial charge in [0.2, 0.25) is 5.95 Å². The first-order chi connectivity index (χ1) is 9.74. The van der Waals surface area contributed by atoms with Crippen LogP contribution in [0.4, 0.5) is 23.3 Å². The molecule has 0 amide bonds. The number of nitrogens with one attached hydrogen (secondary N) is 2. The Morgan fingerprint density at radius 3 is 2.65 bits per heavy atom. The summed E-state index contributed by atoms with van der Waals surface area (Å²) in [5.41, 5.74) is 6.77. The Kier molecular flexibility index (Phi) is 3.39. The molecule has 1 aromatic carbocycles. The second-order valence-corrected chi connectivity index (χ2v) is 4.85. The molecule has 1 saturated heterocycles. The van der Waals surface area contributed by atoms with Crippen molar-refractivity contribution in [2.45, 2.75) is 6.04 Å². The zero-order chi connectivity index (χ0) is 13.9. The molecule has 0 radical (unpaired) electrons. The van der Waals surface area contributed by atoms with E-state index in [-0.39, 0.29) is 5.95 Å². The van der Waals surface area contributed by atoms with Crippen LogP contribution in [0, 0.1) is 0 Å². The lowest BCUT2D eigenvalue weighted by Gasteiger charge is -2.40. The van der Waals surface area contributed by atoms with Crippen LogP contribution in [-0.4, -0.2) is 36.1 Å². The van der Waals surface area contributed by atoms with Crippen LogP contribution in [0.1, 0.15) is 0 Å². The van der Waals surface area contributed by atoms with Crippen molar-refractivity contribution >= 4 is 23.3 Å². The van der Waals surface area contributed by atoms with Gasteiger partial charge in [0.05, 0.1) is 0 Å². The zero-order valence-corrected chi connectivity index (χ0v) is 11.4.